The number of hydrogen-bond donors (Lipinski definition) is 0. The highest BCUT2D eigenvalue weighted by atomic mass is 16.3. The Balaban J connectivity index is 1.81. The number of aryl methyl sites for hydroxylation is 2. The third-order valence-electron chi connectivity index (χ3n) is 8.03. The van der Waals surface area contributed by atoms with Crippen LogP contribution in [0.3, 0.4) is 0 Å². The maximum atomic E-state index is 10.3. The Kier molecular flexibility index (Phi) is 6.31. The Labute approximate surface area is 235 Å². The summed E-state index contributed by atoms with van der Waals surface area (Å²) >= 11 is 0. The van der Waals surface area contributed by atoms with Crippen molar-refractivity contribution in [2.24, 2.45) is 7.05 Å². The highest BCUT2D eigenvalue weighted by Gasteiger charge is 2.33. The molecule has 0 saturated heterocycles. The van der Waals surface area contributed by atoms with Gasteiger partial charge in [0.2, 0.25) is 0 Å². The molecule has 0 aliphatic heterocycles. The van der Waals surface area contributed by atoms with Crippen LogP contribution in [0.4, 0.5) is 0 Å². The molecule has 0 atom stereocenters. The van der Waals surface area contributed by atoms with E-state index >= 15 is 0 Å². The number of rotatable bonds is 5. The summed E-state index contributed by atoms with van der Waals surface area (Å²) in [7, 11) is 2.11. The fraction of sp³-hybridized carbons (Fsp3) is 0.222. The first-order valence-electron chi connectivity index (χ1n) is 14.0. The van der Waals surface area contributed by atoms with Gasteiger partial charge in [0.1, 0.15) is 22.9 Å². The number of aromatic nitrogens is 2. The van der Waals surface area contributed by atoms with Crippen LogP contribution in [0.15, 0.2) is 89.5 Å². The van der Waals surface area contributed by atoms with Gasteiger partial charge in [-0.1, -0.05) is 64.1 Å². The average Bonchev–Trinajstić information content (AvgIpc) is 3.53. The molecule has 0 aliphatic rings. The predicted molar refractivity (Wildman–Crippen MR) is 163 cm³/mol. The summed E-state index contributed by atoms with van der Waals surface area (Å²) < 4.78 is 10.3. The summed E-state index contributed by atoms with van der Waals surface area (Å²) in [6, 6.07) is 30.2. The van der Waals surface area contributed by atoms with Gasteiger partial charge in [-0.15, -0.1) is 0 Å². The van der Waals surface area contributed by atoms with Crippen LogP contribution in [0.5, 0.6) is 0 Å². The highest BCUT2D eigenvalue weighted by molar-refractivity contribution is 5.87. The Morgan fingerprint density at radius 1 is 0.825 bits per heavy atom. The zero-order valence-corrected chi connectivity index (χ0v) is 24.0. The van der Waals surface area contributed by atoms with Gasteiger partial charge in [-0.25, -0.2) is 4.57 Å². The van der Waals surface area contributed by atoms with E-state index in [-0.39, 0.29) is 11.8 Å². The van der Waals surface area contributed by atoms with E-state index < -0.39 is 0 Å². The van der Waals surface area contributed by atoms with Gasteiger partial charge in [0.05, 0.1) is 18.9 Å². The van der Waals surface area contributed by atoms with Crippen LogP contribution < -0.4 is 4.57 Å². The van der Waals surface area contributed by atoms with Gasteiger partial charge in [-0.2, -0.15) is 9.83 Å². The lowest BCUT2D eigenvalue weighted by atomic mass is 9.88. The van der Waals surface area contributed by atoms with Crippen molar-refractivity contribution in [1.29, 1.82) is 5.26 Å². The molecule has 0 bridgehead atoms. The van der Waals surface area contributed by atoms with Crippen LogP contribution in [0.1, 0.15) is 61.8 Å². The Bertz CT molecular complexity index is 1900. The van der Waals surface area contributed by atoms with E-state index in [1.54, 1.807) is 6.26 Å². The number of nitriles is 1. The van der Waals surface area contributed by atoms with Crippen molar-refractivity contribution in [3.05, 3.63) is 107 Å². The minimum absolute atomic E-state index is 0.262. The van der Waals surface area contributed by atoms with E-state index in [9.17, 15) is 5.26 Å². The molecule has 4 aromatic carbocycles. The number of furan rings is 1. The van der Waals surface area contributed by atoms with Crippen molar-refractivity contribution in [2.45, 2.75) is 46.5 Å². The molecule has 40 heavy (non-hydrogen) atoms. The molecule has 0 aliphatic carbocycles. The van der Waals surface area contributed by atoms with Gasteiger partial charge in [-0.3, -0.25) is 0 Å². The molecular formula is C36H34N3O+. The molecule has 0 spiro atoms. The van der Waals surface area contributed by atoms with E-state index in [1.807, 2.05) is 18.2 Å². The van der Waals surface area contributed by atoms with E-state index in [0.29, 0.717) is 5.56 Å². The maximum Gasteiger partial charge on any atom is 0.295 e. The maximum absolute atomic E-state index is 10.3. The first-order chi connectivity index (χ1) is 19.3. The summed E-state index contributed by atoms with van der Waals surface area (Å²) in [5.41, 5.74) is 11.9. The van der Waals surface area contributed by atoms with Gasteiger partial charge in [0.15, 0.2) is 11.0 Å². The van der Waals surface area contributed by atoms with E-state index in [0.717, 1.165) is 39.0 Å². The lowest BCUT2D eigenvalue weighted by molar-refractivity contribution is -0.557. The summed E-state index contributed by atoms with van der Waals surface area (Å²) in [5, 5.41) is 11.4. The van der Waals surface area contributed by atoms with Crippen molar-refractivity contribution >= 4 is 22.0 Å². The largest absolute Gasteiger partial charge is 0.464 e. The molecular weight excluding hydrogens is 490 g/mol. The number of fused-ring (bicyclic) bond motifs is 2. The van der Waals surface area contributed by atoms with Crippen LogP contribution in [0.2, 0.25) is 0 Å². The van der Waals surface area contributed by atoms with Crippen molar-refractivity contribution in [3.63, 3.8) is 0 Å². The van der Waals surface area contributed by atoms with Crippen molar-refractivity contribution < 1.29 is 8.98 Å². The molecule has 0 radical (unpaired) electrons. The van der Waals surface area contributed by atoms with Crippen LogP contribution in [-0.2, 0) is 7.05 Å². The summed E-state index contributed by atoms with van der Waals surface area (Å²) in [5.74, 6) is 1.58. The molecule has 2 heterocycles. The normalized spacial score (nSPS) is 11.7. The lowest BCUT2D eigenvalue weighted by Crippen LogP contribution is -2.37. The topological polar surface area (TPSA) is 45.7 Å². The Morgan fingerprint density at radius 2 is 1.52 bits per heavy atom. The third-order valence-corrected chi connectivity index (χ3v) is 8.03. The first-order valence-corrected chi connectivity index (χ1v) is 14.0. The molecule has 0 unspecified atom stereocenters. The molecule has 0 N–H and O–H groups in total. The SMILES string of the molecule is Cc1cc2occc2cc1-c1n(C)c2cccc(C#N)c2[n+]1-c1c(C(C)C)cc(-c2ccccc2)cc1C(C)C. The molecule has 4 heteroatoms. The molecule has 2 aromatic heterocycles. The Morgan fingerprint density at radius 3 is 2.17 bits per heavy atom. The number of benzene rings is 4. The molecule has 198 valence electrons. The molecule has 6 aromatic rings. The van der Waals surface area contributed by atoms with Crippen LogP contribution >= 0.6 is 0 Å². The van der Waals surface area contributed by atoms with Gasteiger partial charge < -0.3 is 4.42 Å². The molecule has 0 saturated carbocycles. The summed E-state index contributed by atoms with van der Waals surface area (Å²) in [6.45, 7) is 11.2. The fourth-order valence-corrected chi connectivity index (χ4v) is 5.98. The van der Waals surface area contributed by atoms with Crippen LogP contribution in [-0.4, -0.2) is 4.57 Å². The zero-order chi connectivity index (χ0) is 28.1. The summed E-state index contributed by atoms with van der Waals surface area (Å²) in [4.78, 5) is 0. The minimum Gasteiger partial charge on any atom is -0.464 e. The minimum atomic E-state index is 0.262. The highest BCUT2D eigenvalue weighted by Crippen LogP contribution is 2.38. The molecule has 6 rings (SSSR count). The first kappa shape index (κ1) is 25.6. The number of imidazole rings is 1. The fourth-order valence-electron chi connectivity index (χ4n) is 5.98. The smallest absolute Gasteiger partial charge is 0.295 e. The van der Waals surface area contributed by atoms with Gasteiger partial charge in [0.25, 0.3) is 5.82 Å². The van der Waals surface area contributed by atoms with Crippen LogP contribution in [0.25, 0.3) is 50.2 Å². The second-order valence-electron chi connectivity index (χ2n) is 11.3. The van der Waals surface area contributed by atoms with Crippen molar-refractivity contribution in [1.82, 2.24) is 4.57 Å². The second-order valence-corrected chi connectivity index (χ2v) is 11.3. The second kappa shape index (κ2) is 9.84. The monoisotopic (exact) mass is 524 g/mol. The standard InChI is InChI=1S/C36H34N3O/c1-22(2)29-19-28(25-11-8-7-9-12-25)20-30(23(3)4)35(29)39-34-27(21-37)13-10-14-32(34)38(6)36(39)31-18-26-15-16-40-33(26)17-24(31)5/h7-20,22-23H,1-6H3/q+1. The third kappa shape index (κ3) is 4.01. The van der Waals surface area contributed by atoms with Crippen molar-refractivity contribution in [3.8, 4) is 34.3 Å². The molecule has 0 fully saturated rings. The van der Waals surface area contributed by atoms with E-state index in [4.69, 9.17) is 4.42 Å². The molecule has 0 amide bonds. The average molecular weight is 525 g/mol. The van der Waals surface area contributed by atoms with Crippen molar-refractivity contribution in [2.75, 3.05) is 0 Å². The predicted octanol–water partition coefficient (Wildman–Crippen LogP) is 8.96. The number of para-hydroxylation sites is 1. The zero-order valence-electron chi connectivity index (χ0n) is 24.0. The number of hydrogen-bond acceptors (Lipinski definition) is 2. The van der Waals surface area contributed by atoms with E-state index in [1.165, 1.54) is 27.9 Å². The van der Waals surface area contributed by atoms with E-state index in [2.05, 4.69) is 118 Å². The van der Waals surface area contributed by atoms with Gasteiger partial charge in [-0.05, 0) is 77.9 Å². The van der Waals surface area contributed by atoms with Gasteiger partial charge >= 0.3 is 0 Å². The summed E-state index contributed by atoms with van der Waals surface area (Å²) in [6.07, 6.45) is 1.74. The van der Waals surface area contributed by atoms with Crippen LogP contribution in [0, 0.1) is 18.3 Å². The van der Waals surface area contributed by atoms with Gasteiger partial charge in [0, 0.05) is 16.5 Å². The lowest BCUT2D eigenvalue weighted by Gasteiger charge is -2.21. The Hall–Kier alpha value is -4.62. The molecule has 4 nitrogen and oxygen atoms in total. The quantitative estimate of drug-likeness (QED) is 0.211. The number of nitrogens with zero attached hydrogens (tertiary/aromatic N) is 3.